The lowest BCUT2D eigenvalue weighted by atomic mass is 10.2. The molecule has 1 aromatic rings. The highest BCUT2D eigenvalue weighted by Gasteiger charge is 2.16. The summed E-state index contributed by atoms with van der Waals surface area (Å²) >= 11 is 0. The normalized spacial score (nSPS) is 10.9. The maximum absolute atomic E-state index is 11.5. The van der Waals surface area contributed by atoms with E-state index in [0.717, 1.165) is 11.3 Å². The van der Waals surface area contributed by atoms with Crippen LogP contribution in [-0.2, 0) is 4.74 Å². The molecule has 1 aromatic carbocycles. The smallest absolute Gasteiger partial charge is 0.412 e. The molecule has 0 spiro atoms. The van der Waals surface area contributed by atoms with Crippen molar-refractivity contribution in [3.8, 4) is 5.75 Å². The minimum Gasteiger partial charge on any atom is -0.496 e. The first-order valence-electron chi connectivity index (χ1n) is 5.46. The highest BCUT2D eigenvalue weighted by molar-refractivity contribution is 5.85. The number of rotatable bonds is 2. The van der Waals surface area contributed by atoms with Gasteiger partial charge in [0.2, 0.25) is 0 Å². The van der Waals surface area contributed by atoms with Gasteiger partial charge in [0, 0.05) is 11.8 Å². The van der Waals surface area contributed by atoms with Gasteiger partial charge < -0.3 is 9.47 Å². The summed E-state index contributed by atoms with van der Waals surface area (Å²) in [5.41, 5.74) is 1.17. The van der Waals surface area contributed by atoms with Gasteiger partial charge in [0.25, 0.3) is 0 Å². The zero-order valence-electron chi connectivity index (χ0n) is 11.0. The van der Waals surface area contributed by atoms with E-state index in [9.17, 15) is 4.79 Å². The number of ether oxygens (including phenoxy) is 2. The summed E-state index contributed by atoms with van der Waals surface area (Å²) in [7, 11) is 1.60. The topological polar surface area (TPSA) is 47.6 Å². The van der Waals surface area contributed by atoms with Crippen LogP contribution in [0.1, 0.15) is 26.3 Å². The van der Waals surface area contributed by atoms with Gasteiger partial charge in [-0.05, 0) is 39.3 Å². The Hall–Kier alpha value is -1.71. The van der Waals surface area contributed by atoms with E-state index in [4.69, 9.17) is 9.47 Å². The van der Waals surface area contributed by atoms with Crippen LogP contribution in [-0.4, -0.2) is 18.8 Å². The Morgan fingerprint density at radius 2 is 1.94 bits per heavy atom. The number of hydrogen-bond acceptors (Lipinski definition) is 3. The van der Waals surface area contributed by atoms with Crippen LogP contribution in [0.3, 0.4) is 0 Å². The van der Waals surface area contributed by atoms with E-state index < -0.39 is 11.7 Å². The van der Waals surface area contributed by atoms with Gasteiger partial charge in [-0.25, -0.2) is 4.79 Å². The molecule has 0 aliphatic carbocycles. The van der Waals surface area contributed by atoms with E-state index >= 15 is 0 Å². The van der Waals surface area contributed by atoms with E-state index in [0.29, 0.717) is 5.69 Å². The van der Waals surface area contributed by atoms with E-state index in [2.05, 4.69) is 5.32 Å². The van der Waals surface area contributed by atoms with Crippen molar-refractivity contribution in [1.82, 2.24) is 0 Å². The first kappa shape index (κ1) is 13.4. The van der Waals surface area contributed by atoms with Gasteiger partial charge in [-0.3, -0.25) is 5.32 Å². The molecule has 1 amide bonds. The Kier molecular flexibility index (Phi) is 3.99. The summed E-state index contributed by atoms with van der Waals surface area (Å²) in [5.74, 6) is 0.735. The average Bonchev–Trinajstić information content (AvgIpc) is 2.18. The molecular formula is C13H19NO3. The van der Waals surface area contributed by atoms with Crippen LogP contribution in [0.25, 0.3) is 0 Å². The van der Waals surface area contributed by atoms with Gasteiger partial charge in [0.05, 0.1) is 7.11 Å². The Balaban J connectivity index is 2.72. The third-order valence-corrected chi connectivity index (χ3v) is 2.05. The van der Waals surface area contributed by atoms with Gasteiger partial charge in [-0.1, -0.05) is 6.07 Å². The fourth-order valence-corrected chi connectivity index (χ4v) is 1.32. The van der Waals surface area contributed by atoms with Crippen LogP contribution in [0, 0.1) is 6.92 Å². The molecule has 0 bridgehead atoms. The third kappa shape index (κ3) is 4.34. The maximum Gasteiger partial charge on any atom is 0.412 e. The Morgan fingerprint density at radius 1 is 1.29 bits per heavy atom. The second-order valence-corrected chi connectivity index (χ2v) is 4.81. The van der Waals surface area contributed by atoms with Gasteiger partial charge in [0.15, 0.2) is 0 Å². The third-order valence-electron chi connectivity index (χ3n) is 2.05. The van der Waals surface area contributed by atoms with E-state index in [1.807, 2.05) is 39.8 Å². The SMILES string of the molecule is COc1cc(NC(=O)OC(C)(C)C)ccc1C. The number of benzene rings is 1. The summed E-state index contributed by atoms with van der Waals surface area (Å²) < 4.78 is 10.3. The van der Waals surface area contributed by atoms with Crippen LogP contribution in [0.5, 0.6) is 5.75 Å². The summed E-state index contributed by atoms with van der Waals surface area (Å²) in [6, 6.07) is 5.45. The molecule has 0 heterocycles. The fourth-order valence-electron chi connectivity index (χ4n) is 1.32. The molecule has 0 radical (unpaired) electrons. The van der Waals surface area contributed by atoms with Gasteiger partial charge >= 0.3 is 6.09 Å². The first-order valence-corrected chi connectivity index (χ1v) is 5.46. The Bertz CT molecular complexity index is 408. The molecule has 0 aliphatic heterocycles. The molecule has 94 valence electrons. The average molecular weight is 237 g/mol. The lowest BCUT2D eigenvalue weighted by Crippen LogP contribution is -2.27. The molecule has 1 N–H and O–H groups in total. The molecule has 0 unspecified atom stereocenters. The predicted octanol–water partition coefficient (Wildman–Crippen LogP) is 3.35. The van der Waals surface area contributed by atoms with Gasteiger partial charge in [-0.2, -0.15) is 0 Å². The molecule has 17 heavy (non-hydrogen) atoms. The van der Waals surface area contributed by atoms with E-state index in [-0.39, 0.29) is 0 Å². The number of carbonyl (C=O) groups excluding carboxylic acids is 1. The van der Waals surface area contributed by atoms with Crippen molar-refractivity contribution in [2.45, 2.75) is 33.3 Å². The number of carbonyl (C=O) groups is 1. The number of aryl methyl sites for hydroxylation is 1. The summed E-state index contributed by atoms with van der Waals surface area (Å²) in [6.45, 7) is 7.41. The monoisotopic (exact) mass is 237 g/mol. The van der Waals surface area contributed by atoms with Gasteiger partial charge in [0.1, 0.15) is 11.4 Å². The maximum atomic E-state index is 11.5. The van der Waals surface area contributed by atoms with E-state index in [1.54, 1.807) is 13.2 Å². The highest BCUT2D eigenvalue weighted by atomic mass is 16.6. The molecule has 0 aliphatic rings. The van der Waals surface area contributed by atoms with E-state index in [1.165, 1.54) is 0 Å². The van der Waals surface area contributed by atoms with Crippen LogP contribution in [0.2, 0.25) is 0 Å². The lowest BCUT2D eigenvalue weighted by molar-refractivity contribution is 0.0636. The quantitative estimate of drug-likeness (QED) is 0.858. The van der Waals surface area contributed by atoms with Gasteiger partial charge in [-0.15, -0.1) is 0 Å². The largest absolute Gasteiger partial charge is 0.496 e. The lowest BCUT2D eigenvalue weighted by Gasteiger charge is -2.19. The molecule has 0 saturated heterocycles. The molecule has 0 aromatic heterocycles. The molecule has 0 atom stereocenters. The molecular weight excluding hydrogens is 218 g/mol. The zero-order chi connectivity index (χ0) is 13.1. The standard InChI is InChI=1S/C13H19NO3/c1-9-6-7-10(8-11(9)16-5)14-12(15)17-13(2,3)4/h6-8H,1-5H3,(H,14,15). The molecule has 0 fully saturated rings. The molecule has 4 nitrogen and oxygen atoms in total. The minimum atomic E-state index is -0.501. The molecule has 0 saturated carbocycles. The second-order valence-electron chi connectivity index (χ2n) is 4.81. The highest BCUT2D eigenvalue weighted by Crippen LogP contribution is 2.22. The van der Waals surface area contributed by atoms with Crippen molar-refractivity contribution >= 4 is 11.8 Å². The molecule has 1 rings (SSSR count). The zero-order valence-corrected chi connectivity index (χ0v) is 11.0. The summed E-state index contributed by atoms with van der Waals surface area (Å²) in [6.07, 6.45) is -0.469. The van der Waals surface area contributed by atoms with Crippen molar-refractivity contribution in [2.24, 2.45) is 0 Å². The minimum absolute atomic E-state index is 0.469. The Morgan fingerprint density at radius 3 is 2.47 bits per heavy atom. The fraction of sp³-hybridized carbons (Fsp3) is 0.462. The number of anilines is 1. The number of hydrogen-bond donors (Lipinski definition) is 1. The Labute approximate surface area is 102 Å². The van der Waals surface area contributed by atoms with Crippen molar-refractivity contribution in [2.75, 3.05) is 12.4 Å². The van der Waals surface area contributed by atoms with Crippen molar-refractivity contribution in [3.05, 3.63) is 23.8 Å². The first-order chi connectivity index (χ1) is 7.81. The van der Waals surface area contributed by atoms with Crippen molar-refractivity contribution < 1.29 is 14.3 Å². The summed E-state index contributed by atoms with van der Waals surface area (Å²) in [5, 5.41) is 2.66. The number of nitrogens with one attached hydrogen (secondary N) is 1. The molecule has 4 heteroatoms. The van der Waals surface area contributed by atoms with Crippen molar-refractivity contribution in [3.63, 3.8) is 0 Å². The van der Waals surface area contributed by atoms with Crippen LogP contribution in [0.4, 0.5) is 10.5 Å². The van der Waals surface area contributed by atoms with Crippen LogP contribution < -0.4 is 10.1 Å². The second kappa shape index (κ2) is 5.08. The number of methoxy groups -OCH3 is 1. The van der Waals surface area contributed by atoms with Crippen LogP contribution >= 0.6 is 0 Å². The predicted molar refractivity (Wildman–Crippen MR) is 67.6 cm³/mol. The van der Waals surface area contributed by atoms with Crippen molar-refractivity contribution in [1.29, 1.82) is 0 Å². The van der Waals surface area contributed by atoms with Crippen LogP contribution in [0.15, 0.2) is 18.2 Å². The number of amides is 1. The summed E-state index contributed by atoms with van der Waals surface area (Å²) in [4.78, 5) is 11.5.